The molecule has 3 aliphatic rings. The molecular formula is C26H30O14. The summed E-state index contributed by atoms with van der Waals surface area (Å²) in [6, 6.07) is 5.69. The second kappa shape index (κ2) is 10.7. The van der Waals surface area contributed by atoms with E-state index in [2.05, 4.69) is 0 Å². The second-order valence-corrected chi connectivity index (χ2v) is 10.1. The molecule has 0 aromatic heterocycles. The van der Waals surface area contributed by atoms with Gasteiger partial charge in [0.05, 0.1) is 30.8 Å². The number of ketones is 1. The van der Waals surface area contributed by atoms with Crippen LogP contribution >= 0.6 is 0 Å². The van der Waals surface area contributed by atoms with Gasteiger partial charge in [-0.25, -0.2) is 0 Å². The molecule has 14 nitrogen and oxygen atoms in total. The third kappa shape index (κ3) is 4.56. The quantitative estimate of drug-likeness (QED) is 0.196. The zero-order chi connectivity index (χ0) is 29.0. The van der Waals surface area contributed by atoms with E-state index < -0.39 is 114 Å². The fourth-order valence-electron chi connectivity index (χ4n) is 5.39. The first-order valence-corrected chi connectivity index (χ1v) is 12.5. The van der Waals surface area contributed by atoms with Crippen molar-refractivity contribution in [1.82, 2.24) is 0 Å². The van der Waals surface area contributed by atoms with E-state index in [1.807, 2.05) is 0 Å². The number of phenolic OH excluding ortho intramolecular Hbond substituents is 3. The maximum atomic E-state index is 13.5. The van der Waals surface area contributed by atoms with Gasteiger partial charge in [0.25, 0.3) is 0 Å². The zero-order valence-electron chi connectivity index (χ0n) is 20.8. The molecule has 2 fully saturated rings. The Morgan fingerprint density at radius 1 is 0.775 bits per heavy atom. The van der Waals surface area contributed by atoms with Crippen molar-refractivity contribution in [3.63, 3.8) is 0 Å². The molecule has 0 saturated carbocycles. The Labute approximate surface area is 226 Å². The summed E-state index contributed by atoms with van der Waals surface area (Å²) in [5, 5.41) is 104. The third-order valence-corrected chi connectivity index (χ3v) is 7.61. The predicted molar refractivity (Wildman–Crippen MR) is 130 cm³/mol. The summed E-state index contributed by atoms with van der Waals surface area (Å²) < 4.78 is 17.1. The average molecular weight is 567 g/mol. The molecule has 10 atom stereocenters. The van der Waals surface area contributed by atoms with Gasteiger partial charge >= 0.3 is 0 Å². The normalized spacial score (nSPS) is 36.1. The smallest absolute Gasteiger partial charge is 0.174 e. The molecule has 3 aliphatic heterocycles. The number of Topliss-reactive ketones (excluding diaryl/α,β-unsaturated/α-hetero) is 1. The van der Waals surface area contributed by atoms with Crippen LogP contribution in [-0.2, 0) is 9.47 Å². The molecule has 218 valence electrons. The number of aliphatic hydroxyl groups excluding tert-OH is 7. The van der Waals surface area contributed by atoms with Crippen molar-refractivity contribution in [2.75, 3.05) is 13.2 Å². The summed E-state index contributed by atoms with van der Waals surface area (Å²) in [6.07, 6.45) is -16.9. The molecule has 3 heterocycles. The Morgan fingerprint density at radius 2 is 1.43 bits per heavy atom. The van der Waals surface area contributed by atoms with Gasteiger partial charge in [0.1, 0.15) is 89.6 Å². The minimum absolute atomic E-state index is 0.0495. The Balaban J connectivity index is 1.71. The molecule has 2 aromatic carbocycles. The molecule has 0 aliphatic carbocycles. The van der Waals surface area contributed by atoms with Crippen LogP contribution in [0.4, 0.5) is 0 Å². The van der Waals surface area contributed by atoms with Crippen molar-refractivity contribution in [3.05, 3.63) is 46.5 Å². The predicted octanol–water partition coefficient (Wildman–Crippen LogP) is -1.82. The van der Waals surface area contributed by atoms with Gasteiger partial charge in [0, 0.05) is 0 Å². The van der Waals surface area contributed by atoms with E-state index in [9.17, 15) is 55.9 Å². The number of rotatable bonds is 4. The lowest BCUT2D eigenvalue weighted by atomic mass is 9.83. The molecule has 2 aromatic rings. The van der Waals surface area contributed by atoms with Gasteiger partial charge in [0.15, 0.2) is 5.78 Å². The van der Waals surface area contributed by atoms with Crippen LogP contribution in [0.15, 0.2) is 24.3 Å². The standard InChI is InChI=1S/C26H30O14/c27-6-13-18(32)21(35)23(37)26(40-13)16-20(34)15(25-22(36)17(31)11(30)7-38-25)19(33)14-10(29)5-12(39-24(14)16)8-1-3-9(28)4-2-8/h1-4,11-13,17-18,21-23,25-28,30-37H,5-7H2/t11-,12?,13-,17+,18-,21+,22-,23-,25+,26+/m1/s1. The number of carbonyl (C=O) groups is 1. The number of aromatic hydroxyl groups is 3. The van der Waals surface area contributed by atoms with Crippen LogP contribution < -0.4 is 4.74 Å². The summed E-state index contributed by atoms with van der Waals surface area (Å²) >= 11 is 0. The minimum atomic E-state index is -1.94. The number of aliphatic hydroxyl groups is 7. The van der Waals surface area contributed by atoms with Crippen molar-refractivity contribution in [3.8, 4) is 23.0 Å². The van der Waals surface area contributed by atoms with Gasteiger partial charge in [0.2, 0.25) is 0 Å². The zero-order valence-corrected chi connectivity index (χ0v) is 20.8. The highest BCUT2D eigenvalue weighted by molar-refractivity contribution is 6.04. The first-order chi connectivity index (χ1) is 19.0. The van der Waals surface area contributed by atoms with E-state index in [1.165, 1.54) is 24.3 Å². The van der Waals surface area contributed by atoms with Crippen LogP contribution in [0.1, 0.15) is 51.8 Å². The summed E-state index contributed by atoms with van der Waals surface area (Å²) in [4.78, 5) is 13.5. The SMILES string of the molecule is O=C1CC(c2ccc(O)cc2)Oc2c1c(O)c([C@@H]1OC[C@@H](O)[C@H](O)[C@H]1O)c(O)c2[C@@H]1O[C@H](CO)[C@@H](O)[C@H](O)[C@H]1O. The van der Waals surface area contributed by atoms with Crippen LogP contribution in [0, 0.1) is 0 Å². The monoisotopic (exact) mass is 566 g/mol. The topological polar surface area (TPSA) is 247 Å². The van der Waals surface area contributed by atoms with Gasteiger partial charge in [-0.2, -0.15) is 0 Å². The number of benzene rings is 2. The van der Waals surface area contributed by atoms with Crippen molar-refractivity contribution in [2.24, 2.45) is 0 Å². The van der Waals surface area contributed by atoms with Gasteiger partial charge in [-0.1, -0.05) is 12.1 Å². The minimum Gasteiger partial charge on any atom is -0.508 e. The van der Waals surface area contributed by atoms with Gasteiger partial charge < -0.3 is 65.3 Å². The van der Waals surface area contributed by atoms with Crippen molar-refractivity contribution < 1.29 is 70.1 Å². The van der Waals surface area contributed by atoms with E-state index in [1.54, 1.807) is 0 Å². The fourth-order valence-corrected chi connectivity index (χ4v) is 5.39. The lowest BCUT2D eigenvalue weighted by Gasteiger charge is -2.42. The molecule has 0 amide bonds. The molecule has 0 radical (unpaired) electrons. The number of ether oxygens (including phenoxy) is 3. The van der Waals surface area contributed by atoms with E-state index in [0.29, 0.717) is 5.56 Å². The average Bonchev–Trinajstić information content (AvgIpc) is 2.92. The molecule has 0 spiro atoms. The summed E-state index contributed by atoms with van der Waals surface area (Å²) in [6.45, 7) is -1.32. The Hall–Kier alpha value is -3.05. The molecule has 14 heteroatoms. The van der Waals surface area contributed by atoms with Crippen LogP contribution in [0.25, 0.3) is 0 Å². The van der Waals surface area contributed by atoms with Crippen molar-refractivity contribution >= 4 is 5.78 Å². The third-order valence-electron chi connectivity index (χ3n) is 7.61. The first-order valence-electron chi connectivity index (χ1n) is 12.5. The lowest BCUT2D eigenvalue weighted by Crippen LogP contribution is -2.55. The highest BCUT2D eigenvalue weighted by Gasteiger charge is 2.50. The Morgan fingerprint density at radius 3 is 2.08 bits per heavy atom. The van der Waals surface area contributed by atoms with Gasteiger partial charge in [-0.3, -0.25) is 4.79 Å². The highest BCUT2D eigenvalue weighted by Crippen LogP contribution is 2.55. The molecular weight excluding hydrogens is 536 g/mol. The molecule has 0 bridgehead atoms. The fraction of sp³-hybridized carbons (Fsp3) is 0.500. The van der Waals surface area contributed by atoms with Gasteiger partial charge in [-0.15, -0.1) is 0 Å². The van der Waals surface area contributed by atoms with E-state index in [0.717, 1.165) is 0 Å². The van der Waals surface area contributed by atoms with Crippen LogP contribution in [0.5, 0.6) is 23.0 Å². The van der Waals surface area contributed by atoms with E-state index in [4.69, 9.17) is 14.2 Å². The molecule has 40 heavy (non-hydrogen) atoms. The Kier molecular flexibility index (Phi) is 7.64. The number of carbonyl (C=O) groups excluding carboxylic acids is 1. The largest absolute Gasteiger partial charge is 0.508 e. The van der Waals surface area contributed by atoms with Crippen LogP contribution in [-0.4, -0.2) is 113 Å². The number of hydrogen-bond donors (Lipinski definition) is 10. The summed E-state index contributed by atoms with van der Waals surface area (Å²) in [7, 11) is 0. The molecule has 2 saturated heterocycles. The number of hydrogen-bond acceptors (Lipinski definition) is 14. The second-order valence-electron chi connectivity index (χ2n) is 10.1. The van der Waals surface area contributed by atoms with Gasteiger partial charge in [-0.05, 0) is 17.7 Å². The summed E-state index contributed by atoms with van der Waals surface area (Å²) in [5.74, 6) is -2.94. The maximum Gasteiger partial charge on any atom is 0.174 e. The maximum absolute atomic E-state index is 13.5. The van der Waals surface area contributed by atoms with Crippen LogP contribution in [0.3, 0.4) is 0 Å². The van der Waals surface area contributed by atoms with Crippen molar-refractivity contribution in [2.45, 2.75) is 67.5 Å². The van der Waals surface area contributed by atoms with Crippen molar-refractivity contribution in [1.29, 1.82) is 0 Å². The van der Waals surface area contributed by atoms with E-state index in [-0.39, 0.29) is 12.2 Å². The highest BCUT2D eigenvalue weighted by atomic mass is 16.6. The first kappa shape index (κ1) is 28.5. The van der Waals surface area contributed by atoms with Crippen LogP contribution in [0.2, 0.25) is 0 Å². The lowest BCUT2D eigenvalue weighted by molar-refractivity contribution is -0.232. The molecule has 1 unspecified atom stereocenters. The summed E-state index contributed by atoms with van der Waals surface area (Å²) in [5.41, 5.74) is -1.09. The Bertz CT molecular complexity index is 1260. The van der Waals surface area contributed by atoms with E-state index >= 15 is 0 Å². The number of phenols is 3. The molecule has 10 N–H and O–H groups in total. The number of fused-ring (bicyclic) bond motifs is 1. The molecule has 5 rings (SSSR count).